The van der Waals surface area contributed by atoms with Gasteiger partial charge in [0.05, 0.1) is 35.4 Å². The molecule has 6 nitrogen and oxygen atoms in total. The van der Waals surface area contributed by atoms with Crippen molar-refractivity contribution in [2.75, 3.05) is 0 Å². The molecule has 2 N–H and O–H groups in total. The van der Waals surface area contributed by atoms with Gasteiger partial charge in [0.2, 0.25) is 0 Å². The fourth-order valence-corrected chi connectivity index (χ4v) is 7.15. The van der Waals surface area contributed by atoms with Crippen LogP contribution in [0.2, 0.25) is 18.1 Å². The number of ether oxygens (including phenoxy) is 1. The van der Waals surface area contributed by atoms with E-state index in [4.69, 9.17) is 9.16 Å². The SMILES string of the molecule is C/C(=C\c1csc(C)n1)[C@@H]1C/C=C\CCC[C@H](C)[C@H](O[Si](C)(C)C(C)(C)C)[C@@H](C)[C@@H](O)C(C)(C)[C@@H](O)CC(=O)O1. The first-order chi connectivity index (χ1) is 18.4. The fraction of sp³-hybridized carbons (Fsp3) is 0.750. The normalized spacial score (nSPS) is 31.0. The zero-order valence-electron chi connectivity index (χ0n) is 26.8. The molecule has 2 heterocycles. The summed E-state index contributed by atoms with van der Waals surface area (Å²) in [7, 11) is -2.12. The van der Waals surface area contributed by atoms with E-state index in [9.17, 15) is 15.0 Å². The number of aryl methyl sites for hydroxylation is 1. The predicted octanol–water partition coefficient (Wildman–Crippen LogP) is 7.70. The highest BCUT2D eigenvalue weighted by molar-refractivity contribution is 7.09. The number of hydrogen-bond acceptors (Lipinski definition) is 7. The molecule has 0 radical (unpaired) electrons. The molecular weight excluding hydrogens is 539 g/mol. The maximum Gasteiger partial charge on any atom is 0.309 e. The highest BCUT2D eigenvalue weighted by atomic mass is 32.1. The molecule has 0 unspecified atom stereocenters. The predicted molar refractivity (Wildman–Crippen MR) is 169 cm³/mol. The summed E-state index contributed by atoms with van der Waals surface area (Å²) < 4.78 is 12.9. The van der Waals surface area contributed by atoms with Gasteiger partial charge in [0, 0.05) is 23.1 Å². The van der Waals surface area contributed by atoms with E-state index in [1.54, 1.807) is 11.3 Å². The van der Waals surface area contributed by atoms with Crippen molar-refractivity contribution in [3.05, 3.63) is 33.8 Å². The topological polar surface area (TPSA) is 88.9 Å². The molecule has 1 aromatic heterocycles. The highest BCUT2D eigenvalue weighted by Gasteiger charge is 2.46. The van der Waals surface area contributed by atoms with E-state index in [0.29, 0.717) is 6.42 Å². The van der Waals surface area contributed by atoms with Gasteiger partial charge in [-0.1, -0.05) is 60.6 Å². The summed E-state index contributed by atoms with van der Waals surface area (Å²) in [6.45, 7) is 23.0. The van der Waals surface area contributed by atoms with Crippen LogP contribution in [-0.2, 0) is 14.0 Å². The van der Waals surface area contributed by atoms with Crippen molar-refractivity contribution in [1.29, 1.82) is 0 Å². The number of rotatable bonds is 4. The lowest BCUT2D eigenvalue weighted by molar-refractivity contribution is -0.155. The molecule has 2 rings (SSSR count). The number of aromatic nitrogens is 1. The van der Waals surface area contributed by atoms with Crippen molar-refractivity contribution in [1.82, 2.24) is 4.98 Å². The largest absolute Gasteiger partial charge is 0.457 e. The standard InChI is InChI=1S/C32H55NO5SSi/c1-21-16-14-12-13-15-17-26(22(2)18-25-20-39-24(4)33-25)37-28(35)19-27(34)32(8,9)30(36)23(3)29(21)38-40(10,11)31(5,6)7/h13,15,18,20-21,23,26-27,29-30,34,36H,12,14,16-17,19H2,1-11H3/b15-13-,22-18+/t21-,23+,26-,27-,29-,30+/m0/s1. The van der Waals surface area contributed by atoms with Crippen molar-refractivity contribution in [3.63, 3.8) is 0 Å². The van der Waals surface area contributed by atoms with E-state index in [-0.39, 0.29) is 29.4 Å². The summed E-state index contributed by atoms with van der Waals surface area (Å²) in [5.74, 6) is -0.471. The summed E-state index contributed by atoms with van der Waals surface area (Å²) in [6, 6.07) is 0. The quantitative estimate of drug-likeness (QED) is 0.211. The Balaban J connectivity index is 2.36. The van der Waals surface area contributed by atoms with Gasteiger partial charge < -0.3 is 19.4 Å². The van der Waals surface area contributed by atoms with Crippen LogP contribution in [0.1, 0.15) is 98.2 Å². The molecule has 6 atom stereocenters. The maximum absolute atomic E-state index is 13.1. The molecule has 0 fully saturated rings. The molecule has 1 aliphatic heterocycles. The summed E-state index contributed by atoms with van der Waals surface area (Å²) >= 11 is 1.58. The number of aliphatic hydroxyl groups is 2. The average molecular weight is 594 g/mol. The number of carbonyl (C=O) groups is 1. The van der Waals surface area contributed by atoms with Crippen LogP contribution in [0.3, 0.4) is 0 Å². The summed E-state index contributed by atoms with van der Waals surface area (Å²) in [6.07, 6.45) is 6.95. The second kappa shape index (κ2) is 14.2. The maximum atomic E-state index is 13.1. The molecule has 0 saturated heterocycles. The van der Waals surface area contributed by atoms with E-state index in [1.165, 1.54) is 0 Å². The fourth-order valence-electron chi connectivity index (χ4n) is 5.10. The van der Waals surface area contributed by atoms with Crippen molar-refractivity contribution in [3.8, 4) is 0 Å². The molecule has 1 aromatic rings. The Labute approximate surface area is 248 Å². The van der Waals surface area contributed by atoms with Crippen LogP contribution in [0, 0.1) is 24.2 Å². The summed E-state index contributed by atoms with van der Waals surface area (Å²) in [4.78, 5) is 17.6. The number of carbonyl (C=O) groups excluding carboxylic acids is 1. The Morgan fingerprint density at radius 1 is 1.23 bits per heavy atom. The third kappa shape index (κ3) is 9.35. The van der Waals surface area contributed by atoms with Gasteiger partial charge >= 0.3 is 5.97 Å². The third-order valence-corrected chi connectivity index (χ3v) is 14.4. The van der Waals surface area contributed by atoms with Crippen molar-refractivity contribution >= 4 is 31.7 Å². The van der Waals surface area contributed by atoms with Crippen LogP contribution in [0.25, 0.3) is 6.08 Å². The van der Waals surface area contributed by atoms with Crippen molar-refractivity contribution < 1.29 is 24.2 Å². The number of thiazole rings is 1. The Morgan fingerprint density at radius 3 is 2.45 bits per heavy atom. The Kier molecular flexibility index (Phi) is 12.4. The minimum atomic E-state index is -2.12. The van der Waals surface area contributed by atoms with E-state index in [0.717, 1.165) is 35.5 Å². The van der Waals surface area contributed by atoms with Crippen LogP contribution in [0.15, 0.2) is 23.1 Å². The third-order valence-electron chi connectivity index (χ3n) is 9.14. The molecular formula is C32H55NO5SSi. The van der Waals surface area contributed by atoms with E-state index >= 15 is 0 Å². The summed E-state index contributed by atoms with van der Waals surface area (Å²) in [5, 5.41) is 25.9. The molecule has 0 aliphatic carbocycles. The minimum absolute atomic E-state index is 0.0373. The molecule has 0 amide bonds. The number of aliphatic hydroxyl groups excluding tert-OH is 2. The molecule has 0 bridgehead atoms. The summed E-state index contributed by atoms with van der Waals surface area (Å²) in [5.41, 5.74) is 0.822. The van der Waals surface area contributed by atoms with Crippen LogP contribution >= 0.6 is 11.3 Å². The molecule has 0 saturated carbocycles. The minimum Gasteiger partial charge on any atom is -0.457 e. The zero-order chi connectivity index (χ0) is 30.5. The van der Waals surface area contributed by atoms with Gasteiger partial charge in [-0.05, 0) is 68.8 Å². The van der Waals surface area contributed by atoms with Gasteiger partial charge in [-0.15, -0.1) is 11.3 Å². The lowest BCUT2D eigenvalue weighted by Crippen LogP contribution is -2.53. The molecule has 8 heteroatoms. The van der Waals surface area contributed by atoms with Crippen molar-refractivity contribution in [2.45, 2.75) is 137 Å². The second-order valence-electron chi connectivity index (χ2n) is 14.0. The monoisotopic (exact) mass is 593 g/mol. The number of allylic oxidation sites excluding steroid dienone is 1. The molecule has 40 heavy (non-hydrogen) atoms. The molecule has 228 valence electrons. The average Bonchev–Trinajstić information content (AvgIpc) is 3.25. The van der Waals surface area contributed by atoms with Gasteiger partial charge in [-0.2, -0.15) is 0 Å². The first-order valence-electron chi connectivity index (χ1n) is 14.9. The van der Waals surface area contributed by atoms with Gasteiger partial charge in [-0.25, -0.2) is 4.98 Å². The van der Waals surface area contributed by atoms with Crippen molar-refractivity contribution in [2.24, 2.45) is 17.3 Å². The van der Waals surface area contributed by atoms with E-state index in [1.807, 2.05) is 46.1 Å². The number of esters is 1. The van der Waals surface area contributed by atoms with Gasteiger partial charge in [-0.3, -0.25) is 4.79 Å². The van der Waals surface area contributed by atoms with E-state index in [2.05, 4.69) is 57.9 Å². The van der Waals surface area contributed by atoms with Gasteiger partial charge in [0.25, 0.3) is 0 Å². The Bertz CT molecular complexity index is 1020. The number of cyclic esters (lactones) is 1. The van der Waals surface area contributed by atoms with Gasteiger partial charge in [0.15, 0.2) is 8.32 Å². The lowest BCUT2D eigenvalue weighted by atomic mass is 9.71. The Morgan fingerprint density at radius 2 is 1.88 bits per heavy atom. The smallest absolute Gasteiger partial charge is 0.309 e. The first kappa shape index (κ1) is 34.9. The first-order valence-corrected chi connectivity index (χ1v) is 18.6. The highest BCUT2D eigenvalue weighted by Crippen LogP contribution is 2.42. The van der Waals surface area contributed by atoms with E-state index < -0.39 is 38.0 Å². The van der Waals surface area contributed by atoms with Crippen LogP contribution in [0.5, 0.6) is 0 Å². The second-order valence-corrected chi connectivity index (χ2v) is 19.8. The molecule has 1 aliphatic rings. The Hall–Kier alpha value is -1.32. The van der Waals surface area contributed by atoms with Gasteiger partial charge in [0.1, 0.15) is 6.10 Å². The van der Waals surface area contributed by atoms with Crippen LogP contribution in [-0.4, -0.2) is 53.9 Å². The number of hydrogen-bond donors (Lipinski definition) is 2. The lowest BCUT2D eigenvalue weighted by Gasteiger charge is -2.46. The number of nitrogens with zero attached hydrogens (tertiary/aromatic N) is 1. The van der Waals surface area contributed by atoms with Crippen LogP contribution < -0.4 is 0 Å². The zero-order valence-corrected chi connectivity index (χ0v) is 28.6. The molecule has 0 aromatic carbocycles. The molecule has 0 spiro atoms. The van der Waals surface area contributed by atoms with Crippen LogP contribution in [0.4, 0.5) is 0 Å².